The third-order valence-corrected chi connectivity index (χ3v) is 6.26. The average molecular weight is 487 g/mol. The first kappa shape index (κ1) is 22.7. The Morgan fingerprint density at radius 2 is 1.74 bits per heavy atom. The van der Waals surface area contributed by atoms with Gasteiger partial charge in [0.1, 0.15) is 5.75 Å². The van der Waals surface area contributed by atoms with Gasteiger partial charge in [-0.05, 0) is 30.7 Å². The molecule has 0 saturated carbocycles. The molecule has 5 rings (SSSR count). The largest absolute Gasteiger partial charge is 0.496 e. The van der Waals surface area contributed by atoms with Gasteiger partial charge in [0.25, 0.3) is 5.89 Å². The highest BCUT2D eigenvalue weighted by molar-refractivity contribution is 6.30. The van der Waals surface area contributed by atoms with Crippen LogP contribution in [0.3, 0.4) is 0 Å². The van der Waals surface area contributed by atoms with Crippen LogP contribution in [0.2, 0.25) is 5.02 Å². The maximum Gasteiger partial charge on any atom is 0.322 e. The maximum absolute atomic E-state index is 13.3. The van der Waals surface area contributed by atoms with E-state index in [1.54, 1.807) is 24.1 Å². The zero-order valence-corrected chi connectivity index (χ0v) is 20.0. The third kappa shape index (κ3) is 4.50. The summed E-state index contributed by atoms with van der Waals surface area (Å²) in [5, 5.41) is 7.92. The van der Waals surface area contributed by atoms with E-state index in [4.69, 9.17) is 20.9 Å². The van der Waals surface area contributed by atoms with E-state index in [0.29, 0.717) is 34.7 Å². The van der Waals surface area contributed by atoms with Crippen molar-refractivity contribution in [2.24, 2.45) is 0 Å². The molecule has 1 aliphatic heterocycles. The summed E-state index contributed by atoms with van der Waals surface area (Å²) in [6.45, 7) is 2.21. The quantitative estimate of drug-likeness (QED) is 0.356. The van der Waals surface area contributed by atoms with Crippen LogP contribution in [0.25, 0.3) is 17.0 Å². The van der Waals surface area contributed by atoms with Crippen molar-refractivity contribution >= 4 is 23.2 Å². The highest BCUT2D eigenvalue weighted by atomic mass is 35.5. The molecule has 7 nitrogen and oxygen atoms in total. The van der Waals surface area contributed by atoms with Crippen LogP contribution in [0.5, 0.6) is 5.75 Å². The van der Waals surface area contributed by atoms with Crippen LogP contribution >= 0.6 is 11.6 Å². The summed E-state index contributed by atoms with van der Waals surface area (Å²) in [6.07, 6.45) is 0. The van der Waals surface area contributed by atoms with Crippen LogP contribution in [0.15, 0.2) is 89.1 Å². The van der Waals surface area contributed by atoms with Crippen molar-refractivity contribution in [3.63, 3.8) is 0 Å². The number of urea groups is 1. The molecule has 8 heteroatoms. The van der Waals surface area contributed by atoms with Crippen molar-refractivity contribution in [1.82, 2.24) is 20.4 Å². The number of rotatable bonds is 6. The summed E-state index contributed by atoms with van der Waals surface area (Å²) in [4.78, 5) is 19.7. The first-order chi connectivity index (χ1) is 17.0. The Labute approximate surface area is 208 Å². The number of methoxy groups -OCH3 is 1. The molecule has 0 radical (unpaired) electrons. The van der Waals surface area contributed by atoms with Crippen LogP contribution in [0, 0.1) is 0 Å². The number of allylic oxidation sites excluding steroid dienone is 1. The second-order valence-corrected chi connectivity index (χ2v) is 8.56. The molecular weight excluding hydrogens is 464 g/mol. The fraction of sp³-hybridized carbons (Fsp3) is 0.148. The van der Waals surface area contributed by atoms with Crippen molar-refractivity contribution in [3.8, 4) is 17.1 Å². The zero-order valence-electron chi connectivity index (χ0n) is 19.2. The predicted molar refractivity (Wildman–Crippen MR) is 134 cm³/mol. The Balaban J connectivity index is 1.60. The third-order valence-electron chi connectivity index (χ3n) is 6.01. The van der Waals surface area contributed by atoms with E-state index in [1.807, 2.05) is 73.7 Å². The minimum Gasteiger partial charge on any atom is -0.496 e. The molecular formula is C27H23ClN4O3. The molecule has 1 N–H and O–H groups in total. The summed E-state index contributed by atoms with van der Waals surface area (Å²) in [7, 11) is 1.61. The Hall–Kier alpha value is -4.10. The number of aromatic nitrogens is 2. The first-order valence-corrected chi connectivity index (χ1v) is 11.5. The Morgan fingerprint density at radius 3 is 2.49 bits per heavy atom. The number of nitrogens with one attached hydrogen (secondary N) is 1. The summed E-state index contributed by atoms with van der Waals surface area (Å²) in [5.41, 5.74) is 4.01. The number of benzene rings is 3. The number of para-hydroxylation sites is 1. The van der Waals surface area contributed by atoms with Crippen LogP contribution in [0.1, 0.15) is 30.0 Å². The normalized spacial score (nSPS) is 15.8. The number of halogens is 1. The lowest BCUT2D eigenvalue weighted by Gasteiger charge is -2.35. The Kier molecular flexibility index (Phi) is 6.25. The van der Waals surface area contributed by atoms with Crippen LogP contribution in [-0.2, 0) is 6.54 Å². The zero-order chi connectivity index (χ0) is 24.4. The number of hydrogen-bond acceptors (Lipinski definition) is 5. The molecule has 1 atom stereocenters. The number of hydrogen-bond donors (Lipinski definition) is 1. The molecule has 1 unspecified atom stereocenters. The average Bonchev–Trinajstić information content (AvgIpc) is 3.37. The van der Waals surface area contributed by atoms with Crippen molar-refractivity contribution < 1.29 is 14.1 Å². The van der Waals surface area contributed by atoms with Gasteiger partial charge in [-0.2, -0.15) is 4.98 Å². The van der Waals surface area contributed by atoms with E-state index >= 15 is 0 Å². The second kappa shape index (κ2) is 9.64. The summed E-state index contributed by atoms with van der Waals surface area (Å²) in [5.74, 6) is 1.52. The molecule has 1 aliphatic rings. The lowest BCUT2D eigenvalue weighted by Crippen LogP contribution is -2.45. The molecule has 2 heterocycles. The van der Waals surface area contributed by atoms with Crippen molar-refractivity contribution in [1.29, 1.82) is 0 Å². The molecule has 0 saturated heterocycles. The number of amides is 2. The van der Waals surface area contributed by atoms with Crippen LogP contribution in [0.4, 0.5) is 4.79 Å². The minimum absolute atomic E-state index is 0.236. The maximum atomic E-state index is 13.3. The van der Waals surface area contributed by atoms with Crippen molar-refractivity contribution in [2.75, 3.05) is 7.11 Å². The highest BCUT2D eigenvalue weighted by Gasteiger charge is 2.36. The lowest BCUT2D eigenvalue weighted by molar-refractivity contribution is 0.202. The number of ether oxygens (including phenoxy) is 1. The minimum atomic E-state index is -0.488. The summed E-state index contributed by atoms with van der Waals surface area (Å²) in [6, 6.07) is 23.8. The number of carbonyl (C=O) groups is 1. The van der Waals surface area contributed by atoms with Gasteiger partial charge in [0.2, 0.25) is 5.82 Å². The van der Waals surface area contributed by atoms with Gasteiger partial charge in [-0.15, -0.1) is 0 Å². The summed E-state index contributed by atoms with van der Waals surface area (Å²) >= 11 is 6.11. The Bertz CT molecular complexity index is 1380. The number of nitrogens with zero attached hydrogens (tertiary/aromatic N) is 3. The molecule has 3 aromatic carbocycles. The highest BCUT2D eigenvalue weighted by Crippen LogP contribution is 2.38. The summed E-state index contributed by atoms with van der Waals surface area (Å²) < 4.78 is 11.2. The molecule has 4 aromatic rings. The van der Waals surface area contributed by atoms with Gasteiger partial charge >= 0.3 is 6.03 Å². The second-order valence-electron chi connectivity index (χ2n) is 8.12. The smallest absolute Gasteiger partial charge is 0.322 e. The molecule has 2 amide bonds. The standard InChI is InChI=1S/C27H23ClN4O3/c1-17-23(26-30-25(31-35-26)19-8-4-3-5-9-19)24(18-12-14-21(28)15-13-18)29-27(33)32(17)16-20-10-6-7-11-22(20)34-2/h3-15,24H,16H2,1-2H3,(H,29,33). The Morgan fingerprint density at radius 1 is 1.03 bits per heavy atom. The molecule has 35 heavy (non-hydrogen) atoms. The fourth-order valence-corrected chi connectivity index (χ4v) is 4.32. The van der Waals surface area contributed by atoms with E-state index in [0.717, 1.165) is 22.3 Å². The monoisotopic (exact) mass is 486 g/mol. The molecule has 0 fully saturated rings. The van der Waals surface area contributed by atoms with Crippen molar-refractivity contribution in [3.05, 3.63) is 107 Å². The van der Waals surface area contributed by atoms with Gasteiger partial charge in [-0.1, -0.05) is 77.4 Å². The molecule has 0 bridgehead atoms. The molecule has 0 spiro atoms. The SMILES string of the molecule is COc1ccccc1CN1C(=O)NC(c2ccc(Cl)cc2)C(c2nc(-c3ccccc3)no2)=C1C. The van der Waals surface area contributed by atoms with E-state index in [-0.39, 0.29) is 6.03 Å². The predicted octanol–water partition coefficient (Wildman–Crippen LogP) is 6.10. The topological polar surface area (TPSA) is 80.5 Å². The van der Waals surface area contributed by atoms with Gasteiger partial charge in [-0.3, -0.25) is 4.90 Å². The van der Waals surface area contributed by atoms with E-state index in [1.165, 1.54) is 0 Å². The van der Waals surface area contributed by atoms with E-state index in [9.17, 15) is 4.79 Å². The van der Waals surface area contributed by atoms with Gasteiger partial charge < -0.3 is 14.6 Å². The van der Waals surface area contributed by atoms with Crippen LogP contribution < -0.4 is 10.1 Å². The molecule has 1 aromatic heterocycles. The van der Waals surface area contributed by atoms with E-state index in [2.05, 4.69) is 15.5 Å². The van der Waals surface area contributed by atoms with Gasteiger partial charge in [0.05, 0.1) is 25.3 Å². The van der Waals surface area contributed by atoms with Crippen LogP contribution in [-0.4, -0.2) is 28.2 Å². The fourth-order valence-electron chi connectivity index (χ4n) is 4.20. The van der Waals surface area contributed by atoms with E-state index < -0.39 is 6.04 Å². The number of carbonyl (C=O) groups excluding carboxylic acids is 1. The van der Waals surface area contributed by atoms with Gasteiger partial charge in [0.15, 0.2) is 0 Å². The van der Waals surface area contributed by atoms with Gasteiger partial charge in [0, 0.05) is 21.8 Å². The first-order valence-electron chi connectivity index (χ1n) is 11.1. The lowest BCUT2D eigenvalue weighted by atomic mass is 9.94. The molecule has 176 valence electrons. The van der Waals surface area contributed by atoms with Gasteiger partial charge in [-0.25, -0.2) is 4.79 Å². The van der Waals surface area contributed by atoms with Crippen molar-refractivity contribution in [2.45, 2.75) is 19.5 Å². The molecule has 0 aliphatic carbocycles.